The van der Waals surface area contributed by atoms with Crippen LogP contribution in [0.15, 0.2) is 17.1 Å². The number of rotatable bonds is 9. The molecule has 0 unspecified atom stereocenters. The summed E-state index contributed by atoms with van der Waals surface area (Å²) in [4.78, 5) is 24.3. The van der Waals surface area contributed by atoms with Crippen LogP contribution >= 0.6 is 0 Å². The predicted octanol–water partition coefficient (Wildman–Crippen LogP) is 1.69. The molecule has 202 valence electrons. The van der Waals surface area contributed by atoms with E-state index in [9.17, 15) is 23.6 Å². The Morgan fingerprint density at radius 2 is 1.97 bits per heavy atom. The molecule has 1 saturated carbocycles. The van der Waals surface area contributed by atoms with Crippen LogP contribution in [0.1, 0.15) is 64.5 Å². The molecule has 2 atom stereocenters. The Balaban J connectivity index is 1.50. The molecule has 4 rings (SSSR count). The summed E-state index contributed by atoms with van der Waals surface area (Å²) in [6, 6.07) is 2.95. The van der Waals surface area contributed by atoms with E-state index in [2.05, 4.69) is 20.2 Å². The molecule has 2 aromatic rings. The molecular weight excluding hydrogens is 494 g/mol. The van der Waals surface area contributed by atoms with Crippen LogP contribution < -0.4 is 10.9 Å². The zero-order chi connectivity index (χ0) is 26.8. The van der Waals surface area contributed by atoms with Gasteiger partial charge in [-0.15, -0.1) is 0 Å². The lowest BCUT2D eigenvalue weighted by Gasteiger charge is -2.32. The van der Waals surface area contributed by atoms with Crippen LogP contribution in [0.2, 0.25) is 0 Å². The van der Waals surface area contributed by atoms with Crippen molar-refractivity contribution in [3.63, 3.8) is 0 Å². The van der Waals surface area contributed by atoms with Crippen LogP contribution in [0.5, 0.6) is 0 Å². The molecule has 3 heterocycles. The van der Waals surface area contributed by atoms with E-state index in [1.807, 2.05) is 19.9 Å². The first-order valence-corrected chi connectivity index (χ1v) is 14.7. The highest BCUT2D eigenvalue weighted by Crippen LogP contribution is 2.39. The van der Waals surface area contributed by atoms with Gasteiger partial charge < -0.3 is 15.3 Å². The summed E-state index contributed by atoms with van der Waals surface area (Å²) in [6.07, 6.45) is 4.76. The monoisotopic (exact) mass is 531 g/mol. The van der Waals surface area contributed by atoms with Crippen molar-refractivity contribution in [2.45, 2.75) is 70.6 Å². The van der Waals surface area contributed by atoms with E-state index >= 15 is 0 Å². The van der Waals surface area contributed by atoms with E-state index < -0.39 is 27.2 Å². The number of aromatic nitrogens is 3. The number of nitrogens with zero attached hydrogens (tertiary/aromatic N) is 6. The van der Waals surface area contributed by atoms with Gasteiger partial charge in [0.1, 0.15) is 17.3 Å². The van der Waals surface area contributed by atoms with Gasteiger partial charge in [0.15, 0.2) is 0 Å². The van der Waals surface area contributed by atoms with Crippen molar-refractivity contribution in [1.29, 1.82) is 5.26 Å². The first-order valence-electron chi connectivity index (χ1n) is 13.1. The molecule has 2 fully saturated rings. The highest BCUT2D eigenvalue weighted by atomic mass is 32.2. The fraction of sp³-hybridized carbons (Fsp3) is 0.680. The first kappa shape index (κ1) is 27.4. The summed E-state index contributed by atoms with van der Waals surface area (Å²) in [7, 11) is -3.32. The topological polar surface area (TPSA) is 144 Å². The molecule has 1 aliphatic heterocycles. The number of nitriles is 1. The lowest BCUT2D eigenvalue weighted by Crippen LogP contribution is -2.45. The third-order valence-corrected chi connectivity index (χ3v) is 9.67. The minimum Gasteiger partial charge on any atom is -0.388 e. The quantitative estimate of drug-likeness (QED) is 0.494. The van der Waals surface area contributed by atoms with Crippen molar-refractivity contribution in [2.24, 2.45) is 0 Å². The number of piperidine rings is 1. The van der Waals surface area contributed by atoms with Gasteiger partial charge in [-0.05, 0) is 58.2 Å². The molecule has 1 saturated heterocycles. The Labute approximate surface area is 218 Å². The lowest BCUT2D eigenvalue weighted by atomic mass is 9.99. The molecule has 0 aromatic carbocycles. The Morgan fingerprint density at radius 1 is 1.27 bits per heavy atom. The molecule has 2 aromatic heterocycles. The Morgan fingerprint density at radius 3 is 2.57 bits per heavy atom. The number of fused-ring (bicyclic) bond motifs is 1. The van der Waals surface area contributed by atoms with Gasteiger partial charge in [-0.2, -0.15) is 10.2 Å². The first-order chi connectivity index (χ1) is 17.6. The lowest BCUT2D eigenvalue weighted by molar-refractivity contribution is 0.0266. The Hall–Kier alpha value is -2.59. The number of nitrogens with one attached hydrogen (secondary N) is 1. The van der Waals surface area contributed by atoms with Crippen molar-refractivity contribution in [1.82, 2.24) is 23.7 Å². The van der Waals surface area contributed by atoms with E-state index in [4.69, 9.17) is 0 Å². The van der Waals surface area contributed by atoms with Crippen molar-refractivity contribution in [3.8, 4) is 6.07 Å². The maximum atomic E-state index is 13.1. The van der Waals surface area contributed by atoms with E-state index in [-0.39, 0.29) is 17.4 Å². The fourth-order valence-corrected chi connectivity index (χ4v) is 6.99. The van der Waals surface area contributed by atoms with E-state index in [0.717, 1.165) is 19.5 Å². The number of aliphatic hydroxyl groups is 1. The minimum atomic E-state index is -3.32. The Bertz CT molecular complexity index is 1320. The highest BCUT2D eigenvalue weighted by Gasteiger charge is 2.40. The molecular formula is C25H37N7O4S. The zero-order valence-electron chi connectivity index (χ0n) is 21.9. The second-order valence-electron chi connectivity index (χ2n) is 10.2. The molecule has 0 amide bonds. The SMILES string of the molecule is CCN(CC)CCS(=O)(=O)N1CCC(Nc2ncc3cc(C#N)c(=O)n([C@@H]4CCC[C@@]4(C)O)c3n2)CC1. The molecule has 1 aliphatic carbocycles. The van der Waals surface area contributed by atoms with E-state index in [0.29, 0.717) is 62.3 Å². The molecule has 11 nitrogen and oxygen atoms in total. The van der Waals surface area contributed by atoms with Crippen LogP contribution in [0.4, 0.5) is 5.95 Å². The van der Waals surface area contributed by atoms with Crippen LogP contribution in [-0.4, -0.2) is 87.4 Å². The maximum absolute atomic E-state index is 13.1. The van der Waals surface area contributed by atoms with Gasteiger partial charge in [0.25, 0.3) is 5.56 Å². The van der Waals surface area contributed by atoms with Crippen molar-refractivity contribution in [3.05, 3.63) is 28.2 Å². The summed E-state index contributed by atoms with van der Waals surface area (Å²) in [5.41, 5.74) is -1.17. The Kier molecular flexibility index (Phi) is 8.18. The summed E-state index contributed by atoms with van der Waals surface area (Å²) in [5, 5.41) is 24.3. The molecule has 0 spiro atoms. The van der Waals surface area contributed by atoms with E-state index in [1.165, 1.54) is 10.6 Å². The smallest absolute Gasteiger partial charge is 0.270 e. The zero-order valence-corrected chi connectivity index (χ0v) is 22.7. The number of pyridine rings is 1. The average Bonchev–Trinajstić information content (AvgIpc) is 3.23. The van der Waals surface area contributed by atoms with E-state index in [1.54, 1.807) is 17.4 Å². The van der Waals surface area contributed by atoms with Crippen LogP contribution in [0.25, 0.3) is 11.0 Å². The summed E-state index contributed by atoms with van der Waals surface area (Å²) in [6.45, 7) is 8.80. The van der Waals surface area contributed by atoms with Crippen molar-refractivity contribution < 1.29 is 13.5 Å². The summed E-state index contributed by atoms with van der Waals surface area (Å²) >= 11 is 0. The predicted molar refractivity (Wildman–Crippen MR) is 142 cm³/mol. The van der Waals surface area contributed by atoms with Gasteiger partial charge in [0.05, 0.1) is 17.4 Å². The van der Waals surface area contributed by atoms with Gasteiger partial charge in [-0.3, -0.25) is 9.36 Å². The third-order valence-electron chi connectivity index (χ3n) is 7.82. The number of hydrogen-bond donors (Lipinski definition) is 2. The maximum Gasteiger partial charge on any atom is 0.270 e. The summed E-state index contributed by atoms with van der Waals surface area (Å²) < 4.78 is 28.6. The normalized spacial score (nSPS) is 23.5. The molecule has 2 aliphatic rings. The molecule has 12 heteroatoms. The van der Waals surface area contributed by atoms with Crippen LogP contribution in [-0.2, 0) is 10.0 Å². The van der Waals surface area contributed by atoms with Gasteiger partial charge in [0.2, 0.25) is 16.0 Å². The average molecular weight is 532 g/mol. The third kappa shape index (κ3) is 5.80. The molecule has 0 radical (unpaired) electrons. The van der Waals surface area contributed by atoms with Gasteiger partial charge in [-0.1, -0.05) is 13.8 Å². The molecule has 0 bridgehead atoms. The van der Waals surface area contributed by atoms with Crippen LogP contribution in [0.3, 0.4) is 0 Å². The van der Waals surface area contributed by atoms with Gasteiger partial charge in [0, 0.05) is 37.3 Å². The van der Waals surface area contributed by atoms with Crippen LogP contribution in [0, 0.1) is 11.3 Å². The minimum absolute atomic E-state index is 0.00548. The van der Waals surface area contributed by atoms with Crippen molar-refractivity contribution in [2.75, 3.05) is 43.8 Å². The molecule has 37 heavy (non-hydrogen) atoms. The second-order valence-corrected chi connectivity index (χ2v) is 12.3. The van der Waals surface area contributed by atoms with Gasteiger partial charge >= 0.3 is 0 Å². The number of hydrogen-bond acceptors (Lipinski definition) is 9. The highest BCUT2D eigenvalue weighted by molar-refractivity contribution is 7.89. The standard InChI is InChI=1S/C25H37N7O4S/c1-4-30(5-2)13-14-37(35,36)31-11-8-20(9-12-31)28-24-27-17-19-15-18(16-26)23(33)32(22(19)29-24)21-7-6-10-25(21,3)34/h15,17,20-21,34H,4-14H2,1-3H3,(H,27,28,29)/t21-,25-/m1/s1. The van der Waals surface area contributed by atoms with Gasteiger partial charge in [-0.25, -0.2) is 17.7 Å². The summed E-state index contributed by atoms with van der Waals surface area (Å²) in [5.74, 6) is 0.458. The second kappa shape index (κ2) is 11.0. The number of anilines is 1. The fourth-order valence-electron chi connectivity index (χ4n) is 5.47. The molecule has 2 N–H and O–H groups in total. The number of sulfonamides is 1. The largest absolute Gasteiger partial charge is 0.388 e. The van der Waals surface area contributed by atoms with Crippen molar-refractivity contribution >= 4 is 27.0 Å².